The number of thioether (sulfide) groups is 1. The number of halogens is 2. The molecule has 0 spiro atoms. The van der Waals surface area contributed by atoms with Crippen LogP contribution in [0.3, 0.4) is 0 Å². The Morgan fingerprint density at radius 2 is 1.85 bits per heavy atom. The molecule has 3 aromatic carbocycles. The number of benzene rings is 3. The molecule has 5 nitrogen and oxygen atoms in total. The van der Waals surface area contributed by atoms with Crippen LogP contribution in [-0.4, -0.2) is 25.0 Å². The third kappa shape index (κ3) is 8.00. The molecule has 3 aromatic rings. The van der Waals surface area contributed by atoms with Gasteiger partial charge in [0.2, 0.25) is 5.91 Å². The largest absolute Gasteiger partial charge is 0.493 e. The number of hydrogen-bond donors (Lipinski definition) is 1. The summed E-state index contributed by atoms with van der Waals surface area (Å²) in [5.74, 6) is 1.65. The van der Waals surface area contributed by atoms with Gasteiger partial charge in [-0.15, -0.1) is 11.8 Å². The zero-order chi connectivity index (χ0) is 23.6. The van der Waals surface area contributed by atoms with Gasteiger partial charge >= 0.3 is 0 Å². The summed E-state index contributed by atoms with van der Waals surface area (Å²) in [7, 11) is 1.56. The minimum atomic E-state index is -0.141. The Balaban J connectivity index is 1.48. The van der Waals surface area contributed by atoms with E-state index in [-0.39, 0.29) is 12.5 Å². The number of ether oxygens (including phenoxy) is 2. The first-order chi connectivity index (χ1) is 15.9. The topological polar surface area (TPSA) is 59.9 Å². The molecule has 8 heteroatoms. The van der Waals surface area contributed by atoms with Gasteiger partial charge in [-0.25, -0.2) is 5.43 Å². The minimum absolute atomic E-state index is 0.141. The van der Waals surface area contributed by atoms with Crippen LogP contribution in [0.4, 0.5) is 0 Å². The van der Waals surface area contributed by atoms with Crippen LogP contribution in [0.25, 0.3) is 0 Å². The van der Waals surface area contributed by atoms with Crippen LogP contribution in [0.5, 0.6) is 11.5 Å². The number of nitrogens with zero attached hydrogens (tertiary/aromatic N) is 1. The van der Waals surface area contributed by atoms with Crippen LogP contribution >= 0.6 is 35.0 Å². The minimum Gasteiger partial charge on any atom is -0.493 e. The zero-order valence-corrected chi connectivity index (χ0v) is 20.6. The second-order valence-electron chi connectivity index (χ2n) is 7.14. The number of carbonyl (C=O) groups excluding carboxylic acids is 1. The summed E-state index contributed by atoms with van der Waals surface area (Å²) in [6.45, 7) is 2.32. The smallest absolute Gasteiger partial charge is 0.240 e. The van der Waals surface area contributed by atoms with Crippen molar-refractivity contribution in [3.8, 4) is 11.5 Å². The van der Waals surface area contributed by atoms with E-state index < -0.39 is 0 Å². The van der Waals surface area contributed by atoms with Crippen LogP contribution in [-0.2, 0) is 11.4 Å². The molecule has 3 rings (SSSR count). The Hall–Kier alpha value is -2.67. The molecule has 0 saturated carbocycles. The van der Waals surface area contributed by atoms with E-state index in [0.29, 0.717) is 33.7 Å². The lowest BCUT2D eigenvalue weighted by Crippen LogP contribution is -2.17. The third-order valence-electron chi connectivity index (χ3n) is 4.61. The fourth-order valence-corrected chi connectivity index (χ4v) is 4.12. The van der Waals surface area contributed by atoms with E-state index in [1.807, 2.05) is 19.1 Å². The van der Waals surface area contributed by atoms with E-state index in [9.17, 15) is 4.79 Å². The fraction of sp³-hybridized carbons (Fsp3) is 0.200. The summed E-state index contributed by atoms with van der Waals surface area (Å²) in [4.78, 5) is 13.2. The molecule has 0 aromatic heterocycles. The zero-order valence-electron chi connectivity index (χ0n) is 18.3. The highest BCUT2D eigenvalue weighted by molar-refractivity contribution is 7.99. The quantitative estimate of drug-likeness (QED) is 0.194. The molecule has 0 bridgehead atoms. The number of hydrogen-bond acceptors (Lipinski definition) is 5. The van der Waals surface area contributed by atoms with Crippen molar-refractivity contribution < 1.29 is 14.3 Å². The first kappa shape index (κ1) is 25.0. The number of carbonyl (C=O) groups is 1. The molecule has 0 aliphatic rings. The summed E-state index contributed by atoms with van der Waals surface area (Å²) in [6.07, 6.45) is 1.94. The van der Waals surface area contributed by atoms with Crippen LogP contribution in [0.2, 0.25) is 10.0 Å². The van der Waals surface area contributed by atoms with Gasteiger partial charge < -0.3 is 9.47 Å². The summed E-state index contributed by atoms with van der Waals surface area (Å²) in [6, 6.07) is 18.9. The highest BCUT2D eigenvalue weighted by Gasteiger charge is 2.08. The van der Waals surface area contributed by atoms with Crippen LogP contribution in [0.15, 0.2) is 70.7 Å². The van der Waals surface area contributed by atoms with Crippen LogP contribution < -0.4 is 14.9 Å². The summed E-state index contributed by atoms with van der Waals surface area (Å²) in [5, 5.41) is 5.15. The lowest BCUT2D eigenvalue weighted by Gasteiger charge is -2.12. The van der Waals surface area contributed by atoms with E-state index in [4.69, 9.17) is 32.7 Å². The van der Waals surface area contributed by atoms with Crippen molar-refractivity contribution in [1.82, 2.24) is 5.43 Å². The standard InChI is InChI=1S/C25H24Cl2N2O3S/c1-17-3-8-21(9-4-17)33-12-11-25(30)29-28-15-18-5-10-23(24(13-18)31-2)32-16-19-6-7-20(26)14-22(19)27/h3-10,13-15H,11-12,16H2,1-2H3,(H,29,30)/b28-15-. The Morgan fingerprint density at radius 3 is 2.58 bits per heavy atom. The van der Waals surface area contributed by atoms with Crippen molar-refractivity contribution in [3.63, 3.8) is 0 Å². The lowest BCUT2D eigenvalue weighted by atomic mass is 10.2. The second kappa shape index (κ2) is 12.5. The van der Waals surface area contributed by atoms with Crippen molar-refractivity contribution in [3.05, 3.63) is 87.4 Å². The van der Waals surface area contributed by atoms with Gasteiger partial charge in [0, 0.05) is 32.7 Å². The van der Waals surface area contributed by atoms with E-state index in [1.54, 1.807) is 49.4 Å². The van der Waals surface area contributed by atoms with E-state index in [2.05, 4.69) is 34.8 Å². The predicted molar refractivity (Wildman–Crippen MR) is 136 cm³/mol. The highest BCUT2D eigenvalue weighted by atomic mass is 35.5. The van der Waals surface area contributed by atoms with Crippen molar-refractivity contribution in [2.75, 3.05) is 12.9 Å². The maximum atomic E-state index is 12.0. The molecular weight excluding hydrogens is 479 g/mol. The first-order valence-electron chi connectivity index (χ1n) is 10.2. The molecule has 0 radical (unpaired) electrons. The predicted octanol–water partition coefficient (Wildman–Crippen LogP) is 6.52. The third-order valence-corrected chi connectivity index (χ3v) is 6.21. The number of methoxy groups -OCH3 is 1. The van der Waals surface area contributed by atoms with E-state index >= 15 is 0 Å². The number of amides is 1. The summed E-state index contributed by atoms with van der Waals surface area (Å²) in [5.41, 5.74) is 5.35. The SMILES string of the molecule is COc1cc(/C=N\NC(=O)CCSc2ccc(C)cc2)ccc1OCc1ccc(Cl)cc1Cl. The van der Waals surface area contributed by atoms with E-state index in [1.165, 1.54) is 5.56 Å². The summed E-state index contributed by atoms with van der Waals surface area (Å²) < 4.78 is 11.3. The molecule has 0 unspecified atom stereocenters. The number of nitrogens with one attached hydrogen (secondary N) is 1. The molecule has 0 heterocycles. The van der Waals surface area contributed by atoms with Gasteiger partial charge in [-0.2, -0.15) is 5.10 Å². The Kier molecular flexibility index (Phi) is 9.48. The van der Waals surface area contributed by atoms with Gasteiger partial charge in [0.05, 0.1) is 13.3 Å². The molecule has 1 amide bonds. The number of hydrazone groups is 1. The van der Waals surface area contributed by atoms with E-state index in [0.717, 1.165) is 16.0 Å². The number of aryl methyl sites for hydroxylation is 1. The average Bonchev–Trinajstić information content (AvgIpc) is 2.80. The van der Waals surface area contributed by atoms with Crippen molar-refractivity contribution in [2.24, 2.45) is 5.10 Å². The molecule has 0 aliphatic carbocycles. The molecular formula is C25H24Cl2N2O3S. The van der Waals surface area contributed by atoms with Crippen LogP contribution in [0.1, 0.15) is 23.1 Å². The fourth-order valence-electron chi connectivity index (χ4n) is 2.81. The van der Waals surface area contributed by atoms with Crippen molar-refractivity contribution in [1.29, 1.82) is 0 Å². The van der Waals surface area contributed by atoms with Crippen molar-refractivity contribution >= 4 is 47.1 Å². The molecule has 0 atom stereocenters. The van der Waals surface area contributed by atoms with Crippen molar-refractivity contribution in [2.45, 2.75) is 24.8 Å². The van der Waals surface area contributed by atoms with Gasteiger partial charge in [-0.1, -0.05) is 47.0 Å². The van der Waals surface area contributed by atoms with Gasteiger partial charge in [0.1, 0.15) is 6.61 Å². The highest BCUT2D eigenvalue weighted by Crippen LogP contribution is 2.30. The Morgan fingerprint density at radius 1 is 1.06 bits per heavy atom. The average molecular weight is 503 g/mol. The Bertz CT molecular complexity index is 1120. The molecule has 0 saturated heterocycles. The van der Waals surface area contributed by atoms with Gasteiger partial charge in [0.25, 0.3) is 0 Å². The molecule has 1 N–H and O–H groups in total. The Labute approximate surface area is 208 Å². The molecule has 172 valence electrons. The second-order valence-corrected chi connectivity index (χ2v) is 9.15. The molecule has 0 fully saturated rings. The summed E-state index contributed by atoms with van der Waals surface area (Å²) >= 11 is 13.8. The normalized spacial score (nSPS) is 10.9. The van der Waals surface area contributed by atoms with Gasteiger partial charge in [-0.05, 0) is 55.0 Å². The molecule has 0 aliphatic heterocycles. The number of rotatable bonds is 10. The monoisotopic (exact) mass is 502 g/mol. The van der Waals surface area contributed by atoms with Gasteiger partial charge in [-0.3, -0.25) is 4.79 Å². The van der Waals surface area contributed by atoms with Gasteiger partial charge in [0.15, 0.2) is 11.5 Å². The van der Waals surface area contributed by atoms with Crippen LogP contribution in [0, 0.1) is 6.92 Å². The lowest BCUT2D eigenvalue weighted by molar-refractivity contribution is -0.120. The maximum Gasteiger partial charge on any atom is 0.240 e. The molecule has 33 heavy (non-hydrogen) atoms. The first-order valence-corrected chi connectivity index (χ1v) is 11.9. The maximum absolute atomic E-state index is 12.0.